The Hall–Kier alpha value is -2.77. The van der Waals surface area contributed by atoms with Gasteiger partial charge in [0.05, 0.1) is 31.9 Å². The molecular formula is C21H31N3O5. The first-order valence-electron chi connectivity index (χ1n) is 10.0. The number of esters is 1. The first-order valence-corrected chi connectivity index (χ1v) is 10.0. The number of nitrogens with one attached hydrogen (secondary N) is 2. The maximum atomic E-state index is 12.6. The van der Waals surface area contributed by atoms with Crippen molar-refractivity contribution < 1.29 is 23.9 Å². The summed E-state index contributed by atoms with van der Waals surface area (Å²) in [6.45, 7) is 4.46. The Bertz CT molecular complexity index is 746. The van der Waals surface area contributed by atoms with E-state index in [4.69, 9.17) is 9.47 Å². The third-order valence-corrected chi connectivity index (χ3v) is 5.49. The highest BCUT2D eigenvalue weighted by Gasteiger charge is 2.31. The van der Waals surface area contributed by atoms with E-state index >= 15 is 0 Å². The van der Waals surface area contributed by atoms with Crippen molar-refractivity contribution in [2.75, 3.05) is 31.0 Å². The number of benzene rings is 1. The van der Waals surface area contributed by atoms with Crippen molar-refractivity contribution in [3.8, 4) is 5.75 Å². The van der Waals surface area contributed by atoms with Crippen LogP contribution in [0.25, 0.3) is 0 Å². The Morgan fingerprint density at radius 2 is 1.90 bits per heavy atom. The van der Waals surface area contributed by atoms with Crippen LogP contribution in [0, 0.1) is 0 Å². The molecule has 0 spiro atoms. The first-order chi connectivity index (χ1) is 13.9. The second-order valence-corrected chi connectivity index (χ2v) is 7.21. The zero-order valence-electron chi connectivity index (χ0n) is 17.7. The Morgan fingerprint density at radius 1 is 1.17 bits per heavy atom. The summed E-state index contributed by atoms with van der Waals surface area (Å²) >= 11 is 0. The summed E-state index contributed by atoms with van der Waals surface area (Å²) in [5.74, 6) is 0.253. The topological polar surface area (TPSA) is 97.0 Å². The van der Waals surface area contributed by atoms with E-state index in [1.54, 1.807) is 30.2 Å². The van der Waals surface area contributed by atoms with Gasteiger partial charge >= 0.3 is 12.0 Å². The molecule has 0 aromatic heterocycles. The molecule has 0 saturated carbocycles. The van der Waals surface area contributed by atoms with Crippen LogP contribution in [-0.2, 0) is 14.3 Å². The monoisotopic (exact) mass is 405 g/mol. The van der Waals surface area contributed by atoms with E-state index in [0.717, 1.165) is 12.8 Å². The molecule has 1 aromatic rings. The maximum Gasteiger partial charge on any atom is 0.319 e. The molecule has 3 amide bonds. The van der Waals surface area contributed by atoms with Crippen LogP contribution >= 0.6 is 0 Å². The van der Waals surface area contributed by atoms with Crippen LogP contribution in [0.3, 0.4) is 0 Å². The van der Waals surface area contributed by atoms with Gasteiger partial charge in [0, 0.05) is 18.7 Å². The summed E-state index contributed by atoms with van der Waals surface area (Å²) in [4.78, 5) is 38.4. The number of piperidine rings is 1. The van der Waals surface area contributed by atoms with Crippen molar-refractivity contribution in [1.29, 1.82) is 0 Å². The number of nitrogens with zero attached hydrogens (tertiary/aromatic N) is 1. The van der Waals surface area contributed by atoms with Crippen molar-refractivity contribution in [2.45, 2.75) is 57.9 Å². The van der Waals surface area contributed by atoms with Crippen molar-refractivity contribution in [2.24, 2.45) is 0 Å². The number of amides is 3. The minimum absolute atomic E-state index is 0.0465. The summed E-state index contributed by atoms with van der Waals surface area (Å²) < 4.78 is 10.2. The van der Waals surface area contributed by atoms with E-state index in [1.807, 2.05) is 13.8 Å². The lowest BCUT2D eigenvalue weighted by molar-refractivity contribution is -0.142. The summed E-state index contributed by atoms with van der Waals surface area (Å²) in [7, 11) is 2.88. The lowest BCUT2D eigenvalue weighted by atomic mass is 9.89. The highest BCUT2D eigenvalue weighted by atomic mass is 16.5. The molecule has 0 bridgehead atoms. The lowest BCUT2D eigenvalue weighted by Crippen LogP contribution is -2.50. The van der Waals surface area contributed by atoms with E-state index in [1.165, 1.54) is 7.11 Å². The normalized spacial score (nSPS) is 14.3. The molecule has 0 unspecified atom stereocenters. The molecule has 8 nitrogen and oxygen atoms in total. The molecule has 1 aliphatic heterocycles. The highest BCUT2D eigenvalue weighted by molar-refractivity contribution is 5.97. The van der Waals surface area contributed by atoms with E-state index in [9.17, 15) is 14.4 Å². The van der Waals surface area contributed by atoms with Crippen LogP contribution in [0.2, 0.25) is 0 Å². The smallest absolute Gasteiger partial charge is 0.319 e. The standard InChI is InChI=1S/C21H31N3O5/c1-5-21(6-2,14-19(26)29-4)23-20(27)22-15-10-11-17(28-3)16(13-15)24-12-8-7-9-18(24)25/h10-11,13H,5-9,12,14H2,1-4H3,(H2,22,23,27). The van der Waals surface area contributed by atoms with Gasteiger partial charge in [-0.2, -0.15) is 0 Å². The van der Waals surface area contributed by atoms with Crippen molar-refractivity contribution >= 4 is 29.3 Å². The molecule has 8 heteroatoms. The average molecular weight is 405 g/mol. The molecule has 2 N–H and O–H groups in total. The second-order valence-electron chi connectivity index (χ2n) is 7.21. The molecule has 1 saturated heterocycles. The SMILES string of the molecule is CCC(CC)(CC(=O)OC)NC(=O)Nc1ccc(OC)c(N2CCCCC2=O)c1. The number of rotatable bonds is 8. The lowest BCUT2D eigenvalue weighted by Gasteiger charge is -2.32. The number of hydrogen-bond donors (Lipinski definition) is 2. The van der Waals surface area contributed by atoms with E-state index < -0.39 is 11.6 Å². The Balaban J connectivity index is 2.18. The van der Waals surface area contributed by atoms with E-state index in [-0.39, 0.29) is 18.3 Å². The number of ether oxygens (including phenoxy) is 2. The molecule has 0 radical (unpaired) electrons. The number of carbonyl (C=O) groups is 3. The molecule has 29 heavy (non-hydrogen) atoms. The molecule has 0 aliphatic carbocycles. The van der Waals surface area contributed by atoms with Gasteiger partial charge in [0.15, 0.2) is 0 Å². The molecule has 1 heterocycles. The zero-order chi connectivity index (χ0) is 21.4. The predicted octanol–water partition coefficient (Wildman–Crippen LogP) is 3.46. The Labute approximate surface area is 171 Å². The van der Waals surface area contributed by atoms with Crippen LogP contribution in [-0.4, -0.2) is 44.2 Å². The fraction of sp³-hybridized carbons (Fsp3) is 0.571. The van der Waals surface area contributed by atoms with Gasteiger partial charge in [0.25, 0.3) is 0 Å². The van der Waals surface area contributed by atoms with Crippen LogP contribution in [0.15, 0.2) is 18.2 Å². The van der Waals surface area contributed by atoms with Crippen molar-refractivity contribution in [3.63, 3.8) is 0 Å². The number of hydrogen-bond acceptors (Lipinski definition) is 5. The molecular weight excluding hydrogens is 374 g/mol. The minimum Gasteiger partial charge on any atom is -0.495 e. The molecule has 1 aliphatic rings. The van der Waals surface area contributed by atoms with E-state index in [0.29, 0.717) is 42.9 Å². The minimum atomic E-state index is -0.685. The number of carbonyl (C=O) groups excluding carboxylic acids is 3. The largest absolute Gasteiger partial charge is 0.495 e. The average Bonchev–Trinajstić information content (AvgIpc) is 2.73. The number of methoxy groups -OCH3 is 2. The van der Waals surface area contributed by atoms with E-state index in [2.05, 4.69) is 10.6 Å². The zero-order valence-corrected chi connectivity index (χ0v) is 17.7. The summed E-state index contributed by atoms with van der Waals surface area (Å²) in [6, 6.07) is 4.77. The van der Waals surface area contributed by atoms with Crippen molar-refractivity contribution in [1.82, 2.24) is 5.32 Å². The van der Waals surface area contributed by atoms with Gasteiger partial charge < -0.3 is 25.0 Å². The molecule has 2 rings (SSSR count). The van der Waals surface area contributed by atoms with Gasteiger partial charge in [0.2, 0.25) is 5.91 Å². The second kappa shape index (κ2) is 10.1. The number of anilines is 2. The third-order valence-electron chi connectivity index (χ3n) is 5.49. The molecule has 0 atom stereocenters. The predicted molar refractivity (Wildman–Crippen MR) is 111 cm³/mol. The van der Waals surface area contributed by atoms with Crippen LogP contribution < -0.4 is 20.3 Å². The summed E-state index contributed by atoms with van der Waals surface area (Å²) in [6.07, 6.45) is 3.58. The van der Waals surface area contributed by atoms with Gasteiger partial charge in [-0.1, -0.05) is 13.8 Å². The van der Waals surface area contributed by atoms with Gasteiger partial charge in [-0.05, 0) is 43.9 Å². The Kier molecular flexibility index (Phi) is 7.87. The van der Waals surface area contributed by atoms with Crippen LogP contribution in [0.4, 0.5) is 16.2 Å². The van der Waals surface area contributed by atoms with Crippen LogP contribution in [0.1, 0.15) is 52.4 Å². The summed E-state index contributed by atoms with van der Waals surface area (Å²) in [5.41, 5.74) is 0.493. The van der Waals surface area contributed by atoms with Gasteiger partial charge in [-0.25, -0.2) is 4.79 Å². The first kappa shape index (κ1) is 22.5. The summed E-state index contributed by atoms with van der Waals surface area (Å²) in [5, 5.41) is 5.72. The molecule has 160 valence electrons. The fourth-order valence-corrected chi connectivity index (χ4v) is 3.51. The Morgan fingerprint density at radius 3 is 2.48 bits per heavy atom. The maximum absolute atomic E-state index is 12.6. The molecule has 1 aromatic carbocycles. The van der Waals surface area contributed by atoms with Crippen molar-refractivity contribution in [3.05, 3.63) is 18.2 Å². The van der Waals surface area contributed by atoms with Gasteiger partial charge in [0.1, 0.15) is 5.75 Å². The fourth-order valence-electron chi connectivity index (χ4n) is 3.51. The number of urea groups is 1. The van der Waals surface area contributed by atoms with Gasteiger partial charge in [-0.15, -0.1) is 0 Å². The molecule has 1 fully saturated rings. The third kappa shape index (κ3) is 5.62. The quantitative estimate of drug-likeness (QED) is 0.646. The highest BCUT2D eigenvalue weighted by Crippen LogP contribution is 2.33. The van der Waals surface area contributed by atoms with Crippen LogP contribution in [0.5, 0.6) is 5.75 Å². The van der Waals surface area contributed by atoms with Gasteiger partial charge in [-0.3, -0.25) is 9.59 Å².